The SMILES string of the molecule is ClC(CC12CC3CC(CC(C3)C1)C2)c1sccc1Br. The largest absolute Gasteiger partial charge is 0.146 e. The predicted octanol–water partition coefficient (Wildman–Crippen LogP) is 6.40. The molecule has 1 atom stereocenters. The van der Waals surface area contributed by atoms with Crippen LogP contribution < -0.4 is 0 Å². The van der Waals surface area contributed by atoms with Gasteiger partial charge in [-0.25, -0.2) is 0 Å². The normalized spacial score (nSPS) is 41.7. The summed E-state index contributed by atoms with van der Waals surface area (Å²) in [5.74, 6) is 3.09. The van der Waals surface area contributed by atoms with Crippen LogP contribution >= 0.6 is 38.9 Å². The van der Waals surface area contributed by atoms with E-state index in [0.29, 0.717) is 5.41 Å². The van der Waals surface area contributed by atoms with E-state index in [2.05, 4.69) is 27.4 Å². The minimum Gasteiger partial charge on any atom is -0.146 e. The number of hydrogen-bond acceptors (Lipinski definition) is 1. The van der Waals surface area contributed by atoms with E-state index in [0.717, 1.165) is 17.8 Å². The Morgan fingerprint density at radius 2 is 1.79 bits per heavy atom. The van der Waals surface area contributed by atoms with Gasteiger partial charge in [0.2, 0.25) is 0 Å². The first-order valence-corrected chi connectivity index (χ1v) is 9.61. The van der Waals surface area contributed by atoms with E-state index in [1.807, 2.05) is 11.3 Å². The van der Waals surface area contributed by atoms with E-state index < -0.39 is 0 Å². The molecule has 5 rings (SSSR count). The maximum absolute atomic E-state index is 6.77. The average molecular weight is 360 g/mol. The first-order valence-electron chi connectivity index (χ1n) is 7.50. The van der Waals surface area contributed by atoms with E-state index in [4.69, 9.17) is 11.6 Å². The lowest BCUT2D eigenvalue weighted by Gasteiger charge is -2.57. The van der Waals surface area contributed by atoms with Gasteiger partial charge in [-0.2, -0.15) is 0 Å². The second-order valence-electron chi connectivity index (χ2n) is 7.22. The summed E-state index contributed by atoms with van der Waals surface area (Å²) >= 11 is 12.2. The lowest BCUT2D eigenvalue weighted by molar-refractivity contribution is -0.0575. The Bertz CT molecular complexity index is 446. The lowest BCUT2D eigenvalue weighted by atomic mass is 9.48. The van der Waals surface area contributed by atoms with Crippen molar-refractivity contribution in [3.8, 4) is 0 Å². The molecular formula is C16H20BrClS. The molecule has 104 valence electrons. The third-order valence-corrected chi connectivity index (χ3v) is 8.19. The van der Waals surface area contributed by atoms with Gasteiger partial charge in [0.25, 0.3) is 0 Å². The molecule has 4 aliphatic carbocycles. The lowest BCUT2D eigenvalue weighted by Crippen LogP contribution is -2.46. The summed E-state index contributed by atoms with van der Waals surface area (Å²) in [5, 5.41) is 2.36. The van der Waals surface area contributed by atoms with Crippen molar-refractivity contribution in [2.75, 3.05) is 0 Å². The van der Waals surface area contributed by atoms with Gasteiger partial charge in [-0.05, 0) is 95.5 Å². The summed E-state index contributed by atoms with van der Waals surface area (Å²) in [5.41, 5.74) is 0.588. The van der Waals surface area contributed by atoms with Crippen molar-refractivity contribution in [2.45, 2.75) is 50.3 Å². The van der Waals surface area contributed by atoms with Gasteiger partial charge in [0.1, 0.15) is 0 Å². The molecule has 0 aromatic carbocycles. The fourth-order valence-corrected chi connectivity index (χ4v) is 7.90. The highest BCUT2D eigenvalue weighted by Crippen LogP contribution is 2.63. The van der Waals surface area contributed by atoms with Crippen LogP contribution in [0.5, 0.6) is 0 Å². The molecule has 0 spiro atoms. The Labute approximate surface area is 133 Å². The number of halogens is 2. The Balaban J connectivity index is 1.55. The summed E-state index contributed by atoms with van der Waals surface area (Å²) in [6.07, 6.45) is 10.2. The standard InChI is InChI=1S/C16H20BrClS/c17-13-1-2-19-15(13)14(18)9-16-6-10-3-11(7-16)5-12(4-10)8-16/h1-2,10-12,14H,3-9H2. The monoisotopic (exact) mass is 358 g/mol. The van der Waals surface area contributed by atoms with Crippen LogP contribution in [-0.4, -0.2) is 0 Å². The van der Waals surface area contributed by atoms with Crippen molar-refractivity contribution < 1.29 is 0 Å². The summed E-state index contributed by atoms with van der Waals surface area (Å²) in [7, 11) is 0. The molecule has 0 amide bonds. The number of thiophene rings is 1. The molecular weight excluding hydrogens is 340 g/mol. The summed E-state index contributed by atoms with van der Waals surface area (Å²) in [6.45, 7) is 0. The van der Waals surface area contributed by atoms with Crippen molar-refractivity contribution >= 4 is 38.9 Å². The fraction of sp³-hybridized carbons (Fsp3) is 0.750. The molecule has 4 fully saturated rings. The average Bonchev–Trinajstić information content (AvgIpc) is 2.72. The third-order valence-electron chi connectivity index (χ3n) is 5.71. The van der Waals surface area contributed by atoms with Gasteiger partial charge in [0.05, 0.1) is 5.38 Å². The van der Waals surface area contributed by atoms with Crippen LogP contribution in [0, 0.1) is 23.2 Å². The van der Waals surface area contributed by atoms with Crippen LogP contribution in [0.4, 0.5) is 0 Å². The molecule has 0 radical (unpaired) electrons. The molecule has 19 heavy (non-hydrogen) atoms. The minimum absolute atomic E-state index is 0.214. The molecule has 3 heteroatoms. The van der Waals surface area contributed by atoms with Gasteiger partial charge in [0, 0.05) is 9.35 Å². The maximum Gasteiger partial charge on any atom is 0.0695 e. The molecule has 4 bridgehead atoms. The molecule has 4 saturated carbocycles. The van der Waals surface area contributed by atoms with Crippen molar-refractivity contribution in [2.24, 2.45) is 23.2 Å². The second-order valence-corrected chi connectivity index (χ2v) is 9.55. The molecule has 0 aliphatic heterocycles. The van der Waals surface area contributed by atoms with Crippen LogP contribution in [0.25, 0.3) is 0 Å². The third kappa shape index (κ3) is 2.32. The highest BCUT2D eigenvalue weighted by molar-refractivity contribution is 9.10. The van der Waals surface area contributed by atoms with Crippen LogP contribution in [-0.2, 0) is 0 Å². The summed E-state index contributed by atoms with van der Waals surface area (Å²) in [6, 6.07) is 2.13. The van der Waals surface area contributed by atoms with Gasteiger partial charge < -0.3 is 0 Å². The highest BCUT2D eigenvalue weighted by atomic mass is 79.9. The van der Waals surface area contributed by atoms with Gasteiger partial charge in [-0.15, -0.1) is 22.9 Å². The van der Waals surface area contributed by atoms with Gasteiger partial charge >= 0.3 is 0 Å². The topological polar surface area (TPSA) is 0 Å². The van der Waals surface area contributed by atoms with Gasteiger partial charge in [-0.1, -0.05) is 0 Å². The molecule has 1 unspecified atom stereocenters. The molecule has 1 heterocycles. The Morgan fingerprint density at radius 1 is 1.21 bits per heavy atom. The van der Waals surface area contributed by atoms with E-state index in [1.165, 1.54) is 54.3 Å². The van der Waals surface area contributed by atoms with Gasteiger partial charge in [-0.3, -0.25) is 0 Å². The molecule has 0 N–H and O–H groups in total. The molecule has 0 saturated heterocycles. The zero-order valence-electron chi connectivity index (χ0n) is 11.1. The van der Waals surface area contributed by atoms with E-state index in [1.54, 1.807) is 0 Å². The number of rotatable bonds is 3. The van der Waals surface area contributed by atoms with Crippen molar-refractivity contribution in [3.05, 3.63) is 20.8 Å². The van der Waals surface area contributed by atoms with Crippen molar-refractivity contribution in [1.29, 1.82) is 0 Å². The maximum atomic E-state index is 6.77. The first kappa shape index (κ1) is 13.2. The van der Waals surface area contributed by atoms with Crippen LogP contribution in [0.1, 0.15) is 55.2 Å². The smallest absolute Gasteiger partial charge is 0.0695 e. The second kappa shape index (κ2) is 4.74. The highest BCUT2D eigenvalue weighted by Gasteiger charge is 2.51. The Kier molecular flexibility index (Phi) is 3.28. The molecule has 1 aromatic rings. The summed E-state index contributed by atoms with van der Waals surface area (Å²) in [4.78, 5) is 1.34. The van der Waals surface area contributed by atoms with Crippen LogP contribution in [0.15, 0.2) is 15.9 Å². The number of alkyl halides is 1. The number of hydrogen-bond donors (Lipinski definition) is 0. The zero-order chi connectivity index (χ0) is 13.0. The van der Waals surface area contributed by atoms with Gasteiger partial charge in [0.15, 0.2) is 0 Å². The van der Waals surface area contributed by atoms with Crippen molar-refractivity contribution in [3.63, 3.8) is 0 Å². The minimum atomic E-state index is 0.214. The Morgan fingerprint density at radius 3 is 2.26 bits per heavy atom. The first-order chi connectivity index (χ1) is 9.13. The van der Waals surface area contributed by atoms with E-state index in [9.17, 15) is 0 Å². The van der Waals surface area contributed by atoms with E-state index in [-0.39, 0.29) is 5.38 Å². The van der Waals surface area contributed by atoms with Crippen molar-refractivity contribution in [1.82, 2.24) is 0 Å². The zero-order valence-corrected chi connectivity index (χ0v) is 14.2. The molecule has 1 aromatic heterocycles. The Hall–Kier alpha value is 0.470. The van der Waals surface area contributed by atoms with Crippen LogP contribution in [0.3, 0.4) is 0 Å². The quantitative estimate of drug-likeness (QED) is 0.548. The fourth-order valence-electron chi connectivity index (χ4n) is 5.54. The molecule has 4 aliphatic rings. The van der Waals surface area contributed by atoms with Crippen LogP contribution in [0.2, 0.25) is 0 Å². The van der Waals surface area contributed by atoms with E-state index >= 15 is 0 Å². The predicted molar refractivity (Wildman–Crippen MR) is 85.8 cm³/mol. The summed E-state index contributed by atoms with van der Waals surface area (Å²) < 4.78 is 1.21. The molecule has 0 nitrogen and oxygen atoms in total.